The lowest BCUT2D eigenvalue weighted by Gasteiger charge is -2.13. The molecule has 0 radical (unpaired) electrons. The van der Waals surface area contributed by atoms with Gasteiger partial charge in [0.1, 0.15) is 11.5 Å². The molecule has 1 N–H and O–H groups in total. The standard InChI is InChI=1S/C23H22N4O4S/c1-13(2)27-22(29)16-8-6-5-7-15(16)20(26-27)21(28)25-23-24-18(12-32-23)17-11-14(30-3)9-10-19(17)31-4/h5-13H,1-4H3,(H,24,25,28). The van der Waals surface area contributed by atoms with Crippen molar-refractivity contribution in [3.05, 3.63) is 63.9 Å². The van der Waals surface area contributed by atoms with Crippen LogP contribution in [-0.4, -0.2) is 34.9 Å². The van der Waals surface area contributed by atoms with Gasteiger partial charge in [0.2, 0.25) is 0 Å². The first kappa shape index (κ1) is 21.5. The molecule has 0 aliphatic rings. The number of methoxy groups -OCH3 is 2. The predicted octanol–water partition coefficient (Wildman–Crippen LogP) is 4.37. The Balaban J connectivity index is 1.70. The number of hydrogen-bond donors (Lipinski definition) is 1. The van der Waals surface area contributed by atoms with Gasteiger partial charge < -0.3 is 9.47 Å². The molecule has 2 aromatic heterocycles. The molecule has 0 saturated carbocycles. The number of ether oxygens (including phenoxy) is 2. The Morgan fingerprint density at radius 1 is 1.09 bits per heavy atom. The minimum Gasteiger partial charge on any atom is -0.497 e. The van der Waals surface area contributed by atoms with Gasteiger partial charge in [-0.1, -0.05) is 18.2 Å². The zero-order valence-electron chi connectivity index (χ0n) is 18.1. The van der Waals surface area contributed by atoms with E-state index in [-0.39, 0.29) is 17.3 Å². The van der Waals surface area contributed by atoms with Crippen LogP contribution in [-0.2, 0) is 0 Å². The molecule has 4 aromatic rings. The Kier molecular flexibility index (Phi) is 5.91. The summed E-state index contributed by atoms with van der Waals surface area (Å²) >= 11 is 1.28. The minimum absolute atomic E-state index is 0.171. The number of carbonyl (C=O) groups excluding carboxylic acids is 1. The first-order valence-electron chi connectivity index (χ1n) is 9.93. The minimum atomic E-state index is -0.436. The van der Waals surface area contributed by atoms with Crippen molar-refractivity contribution in [2.24, 2.45) is 0 Å². The number of hydrogen-bond acceptors (Lipinski definition) is 7. The largest absolute Gasteiger partial charge is 0.497 e. The van der Waals surface area contributed by atoms with Crippen molar-refractivity contribution >= 4 is 33.1 Å². The molecule has 0 aliphatic heterocycles. The summed E-state index contributed by atoms with van der Waals surface area (Å²) in [4.78, 5) is 30.4. The molecule has 0 aliphatic carbocycles. The van der Waals surface area contributed by atoms with E-state index in [4.69, 9.17) is 9.47 Å². The van der Waals surface area contributed by atoms with Gasteiger partial charge in [-0.05, 0) is 38.1 Å². The van der Waals surface area contributed by atoms with Gasteiger partial charge in [0.25, 0.3) is 11.5 Å². The summed E-state index contributed by atoms with van der Waals surface area (Å²) in [7, 11) is 3.17. The van der Waals surface area contributed by atoms with E-state index in [0.29, 0.717) is 33.1 Å². The number of nitrogens with one attached hydrogen (secondary N) is 1. The van der Waals surface area contributed by atoms with Gasteiger partial charge in [-0.25, -0.2) is 9.67 Å². The highest BCUT2D eigenvalue weighted by Gasteiger charge is 2.19. The van der Waals surface area contributed by atoms with Gasteiger partial charge in [-0.15, -0.1) is 11.3 Å². The third-order valence-electron chi connectivity index (χ3n) is 4.94. The number of aromatic nitrogens is 3. The highest BCUT2D eigenvalue weighted by Crippen LogP contribution is 2.35. The molecule has 8 nitrogen and oxygen atoms in total. The van der Waals surface area contributed by atoms with Gasteiger partial charge in [-0.2, -0.15) is 5.10 Å². The number of benzene rings is 2. The van der Waals surface area contributed by atoms with Crippen LogP contribution in [0.25, 0.3) is 22.0 Å². The van der Waals surface area contributed by atoms with Gasteiger partial charge in [0.15, 0.2) is 10.8 Å². The molecule has 0 bridgehead atoms. The first-order chi connectivity index (χ1) is 15.4. The zero-order valence-corrected chi connectivity index (χ0v) is 18.9. The number of thiazole rings is 1. The number of anilines is 1. The van der Waals surface area contributed by atoms with Crippen molar-refractivity contribution in [3.8, 4) is 22.8 Å². The van der Waals surface area contributed by atoms with Crippen LogP contribution in [0, 0.1) is 0 Å². The predicted molar refractivity (Wildman–Crippen MR) is 125 cm³/mol. The second-order valence-electron chi connectivity index (χ2n) is 7.30. The maximum atomic E-state index is 13.1. The van der Waals surface area contributed by atoms with Crippen LogP contribution in [0.4, 0.5) is 5.13 Å². The van der Waals surface area contributed by atoms with Crippen LogP contribution in [0.5, 0.6) is 11.5 Å². The number of carbonyl (C=O) groups is 1. The molecular weight excluding hydrogens is 428 g/mol. The molecule has 4 rings (SSSR count). The van der Waals surface area contributed by atoms with Crippen LogP contribution in [0.1, 0.15) is 30.4 Å². The fraction of sp³-hybridized carbons (Fsp3) is 0.217. The van der Waals surface area contributed by atoms with Crippen LogP contribution >= 0.6 is 11.3 Å². The van der Waals surface area contributed by atoms with Crippen LogP contribution in [0.15, 0.2) is 52.6 Å². The lowest BCUT2D eigenvalue weighted by Crippen LogP contribution is -2.28. The Hall–Kier alpha value is -3.72. The quantitative estimate of drug-likeness (QED) is 0.469. The third-order valence-corrected chi connectivity index (χ3v) is 5.70. The molecular formula is C23H22N4O4S. The molecule has 0 fully saturated rings. The SMILES string of the molecule is COc1ccc(OC)c(-c2csc(NC(=O)c3nn(C(C)C)c(=O)c4ccccc34)n2)c1. The van der Waals surface area contributed by atoms with E-state index in [1.165, 1.54) is 16.0 Å². The molecule has 0 saturated heterocycles. The summed E-state index contributed by atoms with van der Waals surface area (Å²) in [5, 5.41) is 10.3. The number of rotatable bonds is 6. The maximum absolute atomic E-state index is 13.1. The Morgan fingerprint density at radius 2 is 1.84 bits per heavy atom. The second-order valence-corrected chi connectivity index (χ2v) is 8.15. The van der Waals surface area contributed by atoms with Crippen LogP contribution < -0.4 is 20.3 Å². The van der Waals surface area contributed by atoms with Crippen molar-refractivity contribution in [2.45, 2.75) is 19.9 Å². The normalized spacial score (nSPS) is 11.0. The van der Waals surface area contributed by atoms with Crippen molar-refractivity contribution in [3.63, 3.8) is 0 Å². The van der Waals surface area contributed by atoms with E-state index >= 15 is 0 Å². The highest BCUT2D eigenvalue weighted by atomic mass is 32.1. The lowest BCUT2D eigenvalue weighted by atomic mass is 10.1. The summed E-state index contributed by atoms with van der Waals surface area (Å²) in [6.07, 6.45) is 0. The monoisotopic (exact) mass is 450 g/mol. The van der Waals surface area contributed by atoms with Gasteiger partial charge in [-0.3, -0.25) is 14.9 Å². The second kappa shape index (κ2) is 8.80. The van der Waals surface area contributed by atoms with Crippen molar-refractivity contribution in [2.75, 3.05) is 19.5 Å². The molecule has 0 spiro atoms. The Bertz CT molecular complexity index is 1360. The summed E-state index contributed by atoms with van der Waals surface area (Å²) in [6.45, 7) is 3.69. The van der Waals surface area contributed by atoms with Gasteiger partial charge in [0.05, 0.1) is 31.3 Å². The van der Waals surface area contributed by atoms with Gasteiger partial charge >= 0.3 is 0 Å². The van der Waals surface area contributed by atoms with E-state index in [1.807, 2.05) is 25.3 Å². The topological polar surface area (TPSA) is 95.3 Å². The fourth-order valence-electron chi connectivity index (χ4n) is 3.35. The molecule has 9 heteroatoms. The van der Waals surface area contributed by atoms with E-state index in [0.717, 1.165) is 5.56 Å². The van der Waals surface area contributed by atoms with Crippen molar-refractivity contribution in [1.29, 1.82) is 0 Å². The number of fused-ring (bicyclic) bond motifs is 1. The molecule has 164 valence electrons. The summed E-state index contributed by atoms with van der Waals surface area (Å²) < 4.78 is 12.1. The Morgan fingerprint density at radius 3 is 2.53 bits per heavy atom. The summed E-state index contributed by atoms with van der Waals surface area (Å²) in [5.74, 6) is 0.880. The zero-order chi connectivity index (χ0) is 22.8. The highest BCUT2D eigenvalue weighted by molar-refractivity contribution is 7.14. The average molecular weight is 451 g/mol. The third kappa shape index (κ3) is 3.94. The van der Waals surface area contributed by atoms with Crippen LogP contribution in [0.3, 0.4) is 0 Å². The maximum Gasteiger partial charge on any atom is 0.278 e. The first-order valence-corrected chi connectivity index (χ1v) is 10.8. The molecule has 2 aromatic carbocycles. The Labute approximate surface area is 188 Å². The van der Waals surface area contributed by atoms with Crippen molar-refractivity contribution in [1.82, 2.24) is 14.8 Å². The number of amides is 1. The fourth-order valence-corrected chi connectivity index (χ4v) is 4.06. The van der Waals surface area contributed by atoms with Crippen LogP contribution in [0.2, 0.25) is 0 Å². The molecule has 32 heavy (non-hydrogen) atoms. The van der Waals surface area contributed by atoms with Crippen molar-refractivity contribution < 1.29 is 14.3 Å². The molecule has 2 heterocycles. The molecule has 0 atom stereocenters. The molecule has 1 amide bonds. The smallest absolute Gasteiger partial charge is 0.278 e. The van der Waals surface area contributed by atoms with E-state index in [2.05, 4.69) is 15.4 Å². The van der Waals surface area contributed by atoms with E-state index in [9.17, 15) is 9.59 Å². The van der Waals surface area contributed by atoms with Gasteiger partial charge in [0, 0.05) is 16.3 Å². The van der Waals surface area contributed by atoms with E-state index < -0.39 is 5.91 Å². The molecule has 0 unspecified atom stereocenters. The van der Waals surface area contributed by atoms with E-state index in [1.54, 1.807) is 50.6 Å². The summed E-state index contributed by atoms with van der Waals surface area (Å²) in [5.41, 5.74) is 1.34. The summed E-state index contributed by atoms with van der Waals surface area (Å²) in [6, 6.07) is 12.2. The number of nitrogens with zero attached hydrogens (tertiary/aromatic N) is 3. The lowest BCUT2D eigenvalue weighted by molar-refractivity contribution is 0.102. The average Bonchev–Trinajstić information content (AvgIpc) is 3.27.